The molecule has 0 aliphatic heterocycles. The van der Waals surface area contributed by atoms with Crippen LogP contribution in [0.15, 0.2) is 24.3 Å². The fraction of sp³-hybridized carbons (Fsp3) is 0.200. The third kappa shape index (κ3) is 2.21. The molecule has 0 atom stereocenters. The molecule has 0 unspecified atom stereocenters. The van der Waals surface area contributed by atoms with Crippen molar-refractivity contribution in [2.45, 2.75) is 12.8 Å². The number of rotatable bonds is 3. The number of carbonyl (C=O) groups excluding carboxylic acids is 1. The zero-order valence-corrected chi connectivity index (χ0v) is 6.66. The maximum absolute atomic E-state index is 10.2. The summed E-state index contributed by atoms with van der Waals surface area (Å²) in [5, 5.41) is 8.42. The van der Waals surface area contributed by atoms with Crippen LogP contribution >= 0.6 is 0 Å². The van der Waals surface area contributed by atoms with Crippen molar-refractivity contribution in [2.24, 2.45) is 0 Å². The van der Waals surface area contributed by atoms with E-state index < -0.39 is 0 Å². The van der Waals surface area contributed by atoms with Crippen LogP contribution in [-0.2, 0) is 17.6 Å². The summed E-state index contributed by atoms with van der Waals surface area (Å²) in [6.07, 6.45) is 1.71. The molecule has 0 N–H and O–H groups in total. The summed E-state index contributed by atoms with van der Waals surface area (Å²) in [6, 6.07) is 9.59. The highest BCUT2D eigenvalue weighted by Gasteiger charge is 1.93. The van der Waals surface area contributed by atoms with Gasteiger partial charge in [-0.15, -0.1) is 0 Å². The lowest BCUT2D eigenvalue weighted by Gasteiger charge is -1.97. The van der Waals surface area contributed by atoms with Crippen molar-refractivity contribution >= 4 is 6.29 Å². The molecular weight excluding hydrogens is 150 g/mol. The van der Waals surface area contributed by atoms with Gasteiger partial charge >= 0.3 is 0 Å². The van der Waals surface area contributed by atoms with Crippen LogP contribution in [0, 0.1) is 11.3 Å². The Labute approximate surface area is 71.4 Å². The van der Waals surface area contributed by atoms with Crippen LogP contribution in [0.5, 0.6) is 0 Å². The number of nitrogens with zero attached hydrogens (tertiary/aromatic N) is 1. The van der Waals surface area contributed by atoms with E-state index >= 15 is 0 Å². The molecule has 0 amide bonds. The molecule has 2 heteroatoms. The van der Waals surface area contributed by atoms with Gasteiger partial charge in [0.2, 0.25) is 0 Å². The van der Waals surface area contributed by atoms with Crippen molar-refractivity contribution < 1.29 is 4.79 Å². The predicted octanol–water partition coefficient (Wildman–Crippen LogP) is 1.49. The molecule has 0 heterocycles. The van der Waals surface area contributed by atoms with Gasteiger partial charge in [0.1, 0.15) is 6.29 Å². The molecule has 1 aromatic carbocycles. The van der Waals surface area contributed by atoms with Gasteiger partial charge in [0.25, 0.3) is 0 Å². The Hall–Kier alpha value is -1.62. The summed E-state index contributed by atoms with van der Waals surface area (Å²) in [5.74, 6) is 0. The van der Waals surface area contributed by atoms with E-state index in [9.17, 15) is 4.79 Å². The summed E-state index contributed by atoms with van der Waals surface area (Å²) in [5.41, 5.74) is 1.94. The second-order valence-corrected chi connectivity index (χ2v) is 2.53. The van der Waals surface area contributed by atoms with E-state index in [1.165, 1.54) is 0 Å². The smallest absolute Gasteiger partial charge is 0.124 e. The Morgan fingerprint density at radius 2 is 2.17 bits per heavy atom. The van der Waals surface area contributed by atoms with Crippen molar-refractivity contribution in [1.82, 2.24) is 0 Å². The highest BCUT2D eigenvalue weighted by atomic mass is 16.1. The number of hydrogen-bond donors (Lipinski definition) is 0. The lowest BCUT2D eigenvalue weighted by Crippen LogP contribution is -1.88. The van der Waals surface area contributed by atoms with E-state index in [-0.39, 0.29) is 0 Å². The van der Waals surface area contributed by atoms with Crippen LogP contribution in [-0.4, -0.2) is 6.29 Å². The normalized spacial score (nSPS) is 8.92. The number of aldehydes is 1. The van der Waals surface area contributed by atoms with Gasteiger partial charge in [-0.25, -0.2) is 0 Å². The van der Waals surface area contributed by atoms with Gasteiger partial charge in [-0.1, -0.05) is 24.3 Å². The molecule has 0 radical (unpaired) electrons. The van der Waals surface area contributed by atoms with Gasteiger partial charge in [0.15, 0.2) is 0 Å². The van der Waals surface area contributed by atoms with Gasteiger partial charge in [0.05, 0.1) is 12.5 Å². The van der Waals surface area contributed by atoms with Crippen LogP contribution in [0.25, 0.3) is 0 Å². The number of benzene rings is 1. The fourth-order valence-corrected chi connectivity index (χ4v) is 1.05. The molecule has 1 aromatic rings. The molecule has 0 saturated carbocycles. The summed E-state index contributed by atoms with van der Waals surface area (Å²) >= 11 is 0. The lowest BCUT2D eigenvalue weighted by molar-refractivity contribution is -0.107. The molecule has 1 rings (SSSR count). The Morgan fingerprint density at radius 3 is 2.83 bits per heavy atom. The molecule has 2 nitrogen and oxygen atoms in total. The Morgan fingerprint density at radius 1 is 1.42 bits per heavy atom. The van der Waals surface area contributed by atoms with Gasteiger partial charge in [-0.05, 0) is 11.1 Å². The molecule has 0 aliphatic rings. The monoisotopic (exact) mass is 159 g/mol. The largest absolute Gasteiger partial charge is 0.303 e. The van der Waals surface area contributed by atoms with E-state index in [4.69, 9.17) is 5.26 Å². The highest BCUT2D eigenvalue weighted by Crippen LogP contribution is 2.05. The van der Waals surface area contributed by atoms with Crippen LogP contribution in [0.1, 0.15) is 11.1 Å². The highest BCUT2D eigenvalue weighted by molar-refractivity contribution is 5.55. The standard InChI is InChI=1S/C10H9NO/c11-6-4-9-2-1-3-10(8-9)5-7-12/h1-3,7-8H,4-5H2. The van der Waals surface area contributed by atoms with Crippen molar-refractivity contribution in [3.63, 3.8) is 0 Å². The molecular formula is C10H9NO. The minimum Gasteiger partial charge on any atom is -0.303 e. The first-order valence-electron chi connectivity index (χ1n) is 3.75. The maximum atomic E-state index is 10.2. The SMILES string of the molecule is N#CCc1cccc(CC=O)c1. The van der Waals surface area contributed by atoms with Crippen LogP contribution in [0.2, 0.25) is 0 Å². The maximum Gasteiger partial charge on any atom is 0.124 e. The Bertz CT molecular complexity index is 312. The van der Waals surface area contributed by atoms with Crippen molar-refractivity contribution in [3.05, 3.63) is 35.4 Å². The molecule has 0 aliphatic carbocycles. The van der Waals surface area contributed by atoms with E-state index in [0.717, 1.165) is 17.4 Å². The van der Waals surface area contributed by atoms with Crippen LogP contribution < -0.4 is 0 Å². The third-order valence-electron chi connectivity index (χ3n) is 1.59. The second-order valence-electron chi connectivity index (χ2n) is 2.53. The number of carbonyl (C=O) groups is 1. The lowest BCUT2D eigenvalue weighted by atomic mass is 10.1. The van der Waals surface area contributed by atoms with Gasteiger partial charge in [0, 0.05) is 6.42 Å². The van der Waals surface area contributed by atoms with Gasteiger partial charge in [-0.2, -0.15) is 5.26 Å². The zero-order valence-electron chi connectivity index (χ0n) is 6.66. The first kappa shape index (κ1) is 8.48. The van der Waals surface area contributed by atoms with Crippen molar-refractivity contribution in [3.8, 4) is 6.07 Å². The van der Waals surface area contributed by atoms with Gasteiger partial charge < -0.3 is 4.79 Å². The fourth-order valence-electron chi connectivity index (χ4n) is 1.05. The summed E-state index contributed by atoms with van der Waals surface area (Å²) in [6.45, 7) is 0. The van der Waals surface area contributed by atoms with E-state index in [1.54, 1.807) is 0 Å². The van der Waals surface area contributed by atoms with Crippen LogP contribution in [0.3, 0.4) is 0 Å². The Balaban J connectivity index is 2.81. The van der Waals surface area contributed by atoms with Crippen molar-refractivity contribution in [1.29, 1.82) is 5.26 Å². The third-order valence-corrected chi connectivity index (χ3v) is 1.59. The molecule has 0 aromatic heterocycles. The average molecular weight is 159 g/mol. The number of hydrogen-bond acceptors (Lipinski definition) is 2. The molecule has 12 heavy (non-hydrogen) atoms. The molecule has 0 saturated heterocycles. The Kier molecular flexibility index (Phi) is 3.04. The van der Waals surface area contributed by atoms with E-state index in [1.807, 2.05) is 24.3 Å². The van der Waals surface area contributed by atoms with E-state index in [0.29, 0.717) is 12.8 Å². The first-order valence-corrected chi connectivity index (χ1v) is 3.75. The summed E-state index contributed by atoms with van der Waals surface area (Å²) < 4.78 is 0. The van der Waals surface area contributed by atoms with E-state index in [2.05, 4.69) is 6.07 Å². The number of nitriles is 1. The van der Waals surface area contributed by atoms with Gasteiger partial charge in [-0.3, -0.25) is 0 Å². The van der Waals surface area contributed by atoms with Crippen molar-refractivity contribution in [2.75, 3.05) is 0 Å². The minimum absolute atomic E-state index is 0.409. The molecule has 0 spiro atoms. The molecule has 0 bridgehead atoms. The average Bonchev–Trinajstić information content (AvgIpc) is 2.06. The first-order chi connectivity index (χ1) is 5.86. The predicted molar refractivity (Wildman–Crippen MR) is 45.5 cm³/mol. The van der Waals surface area contributed by atoms with Crippen LogP contribution in [0.4, 0.5) is 0 Å². The minimum atomic E-state index is 0.409. The molecule has 0 fully saturated rings. The quantitative estimate of drug-likeness (QED) is 0.627. The second kappa shape index (κ2) is 4.30. The summed E-state index contributed by atoms with van der Waals surface area (Å²) in [4.78, 5) is 10.2. The summed E-state index contributed by atoms with van der Waals surface area (Å²) in [7, 11) is 0. The zero-order chi connectivity index (χ0) is 8.81. The molecule has 60 valence electrons. The topological polar surface area (TPSA) is 40.9 Å².